The van der Waals surface area contributed by atoms with E-state index in [2.05, 4.69) is 28.8 Å². The van der Waals surface area contributed by atoms with E-state index in [0.717, 1.165) is 32.4 Å². The number of hydrogen-bond acceptors (Lipinski definition) is 3. The summed E-state index contributed by atoms with van der Waals surface area (Å²) in [4.78, 5) is 12.3. The largest absolute Gasteiger partial charge is 0.383 e. The predicted molar refractivity (Wildman–Crippen MR) is 87.1 cm³/mol. The van der Waals surface area contributed by atoms with Gasteiger partial charge in [0.05, 0.1) is 12.5 Å². The fourth-order valence-electron chi connectivity index (χ4n) is 2.72. The Morgan fingerprint density at radius 2 is 2.10 bits per heavy atom. The van der Waals surface area contributed by atoms with Gasteiger partial charge in [-0.25, -0.2) is 0 Å². The zero-order valence-corrected chi connectivity index (χ0v) is 13.4. The molecule has 1 aliphatic rings. The normalized spacial score (nSPS) is 16.7. The van der Waals surface area contributed by atoms with Crippen LogP contribution in [0.25, 0.3) is 0 Å². The van der Waals surface area contributed by atoms with Gasteiger partial charge in [0.1, 0.15) is 0 Å². The molecule has 0 spiro atoms. The Labute approximate surface area is 133 Å². The van der Waals surface area contributed by atoms with Crippen molar-refractivity contribution in [1.82, 2.24) is 10.6 Å². The molecule has 5 heteroatoms. The highest BCUT2D eigenvalue weighted by Crippen LogP contribution is 2.31. The second kappa shape index (κ2) is 9.77. The molecule has 118 valence electrons. The number of carbonyl (C=O) groups excluding carboxylic acids is 1. The minimum absolute atomic E-state index is 0. The SMILES string of the molecule is COCCNCCNC(=O)C1CCCc2ccccc21.Cl. The molecule has 0 aromatic heterocycles. The first-order valence-electron chi connectivity index (χ1n) is 7.38. The van der Waals surface area contributed by atoms with Crippen LogP contribution in [0.4, 0.5) is 0 Å². The second-order valence-electron chi connectivity index (χ2n) is 5.18. The summed E-state index contributed by atoms with van der Waals surface area (Å²) in [7, 11) is 1.68. The Morgan fingerprint density at radius 1 is 1.29 bits per heavy atom. The van der Waals surface area contributed by atoms with Crippen molar-refractivity contribution >= 4 is 18.3 Å². The van der Waals surface area contributed by atoms with Crippen LogP contribution >= 0.6 is 12.4 Å². The lowest BCUT2D eigenvalue weighted by molar-refractivity contribution is -0.122. The Balaban J connectivity index is 0.00000220. The van der Waals surface area contributed by atoms with E-state index in [4.69, 9.17) is 4.74 Å². The van der Waals surface area contributed by atoms with Crippen molar-refractivity contribution in [2.75, 3.05) is 33.4 Å². The van der Waals surface area contributed by atoms with Crippen molar-refractivity contribution < 1.29 is 9.53 Å². The summed E-state index contributed by atoms with van der Waals surface area (Å²) in [5.74, 6) is 0.185. The number of nitrogens with one attached hydrogen (secondary N) is 2. The van der Waals surface area contributed by atoms with Crippen LogP contribution in [0.3, 0.4) is 0 Å². The van der Waals surface area contributed by atoms with Crippen LogP contribution < -0.4 is 10.6 Å². The van der Waals surface area contributed by atoms with Crippen LogP contribution in [0, 0.1) is 0 Å². The van der Waals surface area contributed by atoms with Crippen LogP contribution in [-0.2, 0) is 16.0 Å². The van der Waals surface area contributed by atoms with E-state index in [1.165, 1.54) is 11.1 Å². The number of rotatable bonds is 7. The number of ether oxygens (including phenoxy) is 1. The molecular formula is C16H25ClN2O2. The summed E-state index contributed by atoms with van der Waals surface area (Å²) in [6, 6.07) is 8.31. The highest BCUT2D eigenvalue weighted by atomic mass is 35.5. The Hall–Kier alpha value is -1.10. The molecule has 0 saturated carbocycles. The minimum Gasteiger partial charge on any atom is -0.383 e. The van der Waals surface area contributed by atoms with E-state index >= 15 is 0 Å². The highest BCUT2D eigenvalue weighted by Gasteiger charge is 2.25. The fraction of sp³-hybridized carbons (Fsp3) is 0.562. The van der Waals surface area contributed by atoms with Gasteiger partial charge in [0.2, 0.25) is 5.91 Å². The Bertz CT molecular complexity index is 440. The number of carbonyl (C=O) groups is 1. The summed E-state index contributed by atoms with van der Waals surface area (Å²) in [5, 5.41) is 6.25. The number of fused-ring (bicyclic) bond motifs is 1. The first-order valence-corrected chi connectivity index (χ1v) is 7.38. The molecule has 1 aromatic rings. The maximum absolute atomic E-state index is 12.3. The summed E-state index contributed by atoms with van der Waals surface area (Å²) in [6.07, 6.45) is 3.15. The summed E-state index contributed by atoms with van der Waals surface area (Å²) in [5.41, 5.74) is 2.54. The van der Waals surface area contributed by atoms with Gasteiger partial charge in [-0.05, 0) is 30.4 Å². The molecule has 0 fully saturated rings. The van der Waals surface area contributed by atoms with Gasteiger partial charge in [-0.1, -0.05) is 24.3 Å². The maximum atomic E-state index is 12.3. The van der Waals surface area contributed by atoms with Crippen molar-refractivity contribution in [2.24, 2.45) is 0 Å². The van der Waals surface area contributed by atoms with Crippen molar-refractivity contribution in [3.63, 3.8) is 0 Å². The molecule has 1 unspecified atom stereocenters. The number of aryl methyl sites for hydroxylation is 1. The highest BCUT2D eigenvalue weighted by molar-refractivity contribution is 5.85. The molecule has 21 heavy (non-hydrogen) atoms. The van der Waals surface area contributed by atoms with Gasteiger partial charge in [0, 0.05) is 26.7 Å². The molecule has 0 aliphatic heterocycles. The van der Waals surface area contributed by atoms with Gasteiger partial charge in [-0.2, -0.15) is 0 Å². The van der Waals surface area contributed by atoms with Crippen molar-refractivity contribution in [3.8, 4) is 0 Å². The summed E-state index contributed by atoms with van der Waals surface area (Å²) >= 11 is 0. The lowest BCUT2D eigenvalue weighted by atomic mass is 9.82. The Morgan fingerprint density at radius 3 is 2.90 bits per heavy atom. The molecule has 1 atom stereocenters. The van der Waals surface area contributed by atoms with Gasteiger partial charge in [-0.15, -0.1) is 12.4 Å². The zero-order valence-electron chi connectivity index (χ0n) is 12.6. The molecule has 1 amide bonds. The molecule has 2 N–H and O–H groups in total. The zero-order chi connectivity index (χ0) is 14.2. The minimum atomic E-state index is 0. The number of amides is 1. The average Bonchev–Trinajstić information content (AvgIpc) is 2.50. The van der Waals surface area contributed by atoms with Gasteiger partial charge in [0.15, 0.2) is 0 Å². The topological polar surface area (TPSA) is 50.4 Å². The van der Waals surface area contributed by atoms with Gasteiger partial charge in [-0.3, -0.25) is 4.79 Å². The van der Waals surface area contributed by atoms with E-state index in [-0.39, 0.29) is 24.2 Å². The first kappa shape index (κ1) is 18.0. The predicted octanol–water partition coefficient (Wildman–Crippen LogP) is 1.88. The smallest absolute Gasteiger partial charge is 0.227 e. The number of halogens is 1. The van der Waals surface area contributed by atoms with Crippen LogP contribution in [0.5, 0.6) is 0 Å². The van der Waals surface area contributed by atoms with Crippen molar-refractivity contribution in [1.29, 1.82) is 0 Å². The quantitative estimate of drug-likeness (QED) is 0.756. The summed E-state index contributed by atoms with van der Waals surface area (Å²) in [6.45, 7) is 2.97. The third-order valence-corrected chi connectivity index (χ3v) is 3.77. The van der Waals surface area contributed by atoms with Crippen LogP contribution in [0.15, 0.2) is 24.3 Å². The van der Waals surface area contributed by atoms with E-state index < -0.39 is 0 Å². The molecule has 1 aliphatic carbocycles. The fourth-order valence-corrected chi connectivity index (χ4v) is 2.72. The number of benzene rings is 1. The molecule has 1 aromatic carbocycles. The van der Waals surface area contributed by atoms with Crippen molar-refractivity contribution in [2.45, 2.75) is 25.2 Å². The van der Waals surface area contributed by atoms with Crippen LogP contribution in [0.2, 0.25) is 0 Å². The van der Waals surface area contributed by atoms with E-state index in [0.29, 0.717) is 13.2 Å². The maximum Gasteiger partial charge on any atom is 0.227 e. The number of hydrogen-bond donors (Lipinski definition) is 2. The van der Waals surface area contributed by atoms with Crippen molar-refractivity contribution in [3.05, 3.63) is 35.4 Å². The lowest BCUT2D eigenvalue weighted by Gasteiger charge is -2.24. The molecule has 0 radical (unpaired) electrons. The van der Waals surface area contributed by atoms with E-state index in [9.17, 15) is 4.79 Å². The first-order chi connectivity index (χ1) is 9.83. The molecule has 2 rings (SSSR count). The standard InChI is InChI=1S/C16H24N2O2.ClH/c1-20-12-11-17-9-10-18-16(19)15-8-4-6-13-5-2-3-7-14(13)15;/h2-3,5,7,15,17H,4,6,8-12H2,1H3,(H,18,19);1H. The van der Waals surface area contributed by atoms with Gasteiger partial charge in [0.25, 0.3) is 0 Å². The molecule has 0 saturated heterocycles. The lowest BCUT2D eigenvalue weighted by Crippen LogP contribution is -2.36. The van der Waals surface area contributed by atoms with Crippen LogP contribution in [0.1, 0.15) is 29.9 Å². The van der Waals surface area contributed by atoms with Crippen LogP contribution in [-0.4, -0.2) is 39.3 Å². The van der Waals surface area contributed by atoms with Gasteiger partial charge < -0.3 is 15.4 Å². The molecule has 0 bridgehead atoms. The molecule has 0 heterocycles. The van der Waals surface area contributed by atoms with E-state index in [1.807, 2.05) is 6.07 Å². The second-order valence-corrected chi connectivity index (χ2v) is 5.18. The third kappa shape index (κ3) is 5.30. The average molecular weight is 313 g/mol. The molecular weight excluding hydrogens is 288 g/mol. The summed E-state index contributed by atoms with van der Waals surface area (Å²) < 4.78 is 4.95. The van der Waals surface area contributed by atoms with Gasteiger partial charge >= 0.3 is 0 Å². The number of methoxy groups -OCH3 is 1. The monoisotopic (exact) mass is 312 g/mol. The Kier molecular flexibility index (Phi) is 8.35. The molecule has 4 nitrogen and oxygen atoms in total. The third-order valence-electron chi connectivity index (χ3n) is 3.77. The van der Waals surface area contributed by atoms with E-state index in [1.54, 1.807) is 7.11 Å².